The van der Waals surface area contributed by atoms with Crippen LogP contribution in [-0.4, -0.2) is 40.2 Å². The Balaban J connectivity index is 1.39. The van der Waals surface area contributed by atoms with Gasteiger partial charge in [0.1, 0.15) is 6.04 Å². The van der Waals surface area contributed by atoms with Gasteiger partial charge in [0.05, 0.1) is 30.0 Å². The average molecular weight is 441 g/mol. The molecule has 2 aliphatic heterocycles. The number of para-hydroxylation sites is 1. The van der Waals surface area contributed by atoms with E-state index in [2.05, 4.69) is 10.3 Å². The Morgan fingerprint density at radius 2 is 1.88 bits per heavy atom. The quantitative estimate of drug-likeness (QED) is 0.661. The second-order valence-corrected chi connectivity index (χ2v) is 8.30. The van der Waals surface area contributed by atoms with Crippen LogP contribution in [0.4, 0.5) is 5.69 Å². The van der Waals surface area contributed by atoms with Crippen molar-refractivity contribution in [1.29, 1.82) is 0 Å². The van der Waals surface area contributed by atoms with Crippen LogP contribution in [0.1, 0.15) is 44.8 Å². The number of amides is 3. The van der Waals surface area contributed by atoms with E-state index in [-0.39, 0.29) is 24.3 Å². The Hall–Kier alpha value is -4.00. The minimum Gasteiger partial charge on any atom is -0.346 e. The molecule has 2 aliphatic rings. The zero-order valence-corrected chi connectivity index (χ0v) is 18.1. The molecule has 1 atom stereocenters. The van der Waals surface area contributed by atoms with E-state index in [9.17, 15) is 14.4 Å². The van der Waals surface area contributed by atoms with Crippen molar-refractivity contribution in [2.75, 3.05) is 11.4 Å². The first kappa shape index (κ1) is 20.9. The predicted octanol–water partition coefficient (Wildman–Crippen LogP) is 3.16. The third-order valence-corrected chi connectivity index (χ3v) is 6.18. The van der Waals surface area contributed by atoms with Gasteiger partial charge in [-0.2, -0.15) is 0 Å². The molecular weight excluding hydrogens is 416 g/mol. The summed E-state index contributed by atoms with van der Waals surface area (Å²) >= 11 is 0. The predicted molar refractivity (Wildman–Crippen MR) is 124 cm³/mol. The Morgan fingerprint density at radius 3 is 2.73 bits per heavy atom. The van der Waals surface area contributed by atoms with Crippen LogP contribution in [0, 0.1) is 0 Å². The number of pyridine rings is 1. The molecule has 0 radical (unpaired) electrons. The molecule has 0 bridgehead atoms. The fraction of sp³-hybridized carbons (Fsp3) is 0.231. The second-order valence-electron chi connectivity index (χ2n) is 8.30. The van der Waals surface area contributed by atoms with Crippen molar-refractivity contribution in [3.05, 3.63) is 95.3 Å². The van der Waals surface area contributed by atoms with E-state index in [1.54, 1.807) is 34.2 Å². The lowest BCUT2D eigenvalue weighted by atomic mass is 10.1. The van der Waals surface area contributed by atoms with Crippen molar-refractivity contribution in [2.45, 2.75) is 32.0 Å². The van der Waals surface area contributed by atoms with Gasteiger partial charge in [0.25, 0.3) is 11.8 Å². The Bertz CT molecular complexity index is 1210. The highest BCUT2D eigenvalue weighted by atomic mass is 16.2. The first-order valence-electron chi connectivity index (χ1n) is 11.1. The number of anilines is 1. The second kappa shape index (κ2) is 8.86. The molecule has 3 amide bonds. The summed E-state index contributed by atoms with van der Waals surface area (Å²) in [5.41, 5.74) is 3.27. The van der Waals surface area contributed by atoms with Gasteiger partial charge >= 0.3 is 0 Å². The number of carbonyl (C=O) groups is 3. The van der Waals surface area contributed by atoms with Crippen molar-refractivity contribution in [1.82, 2.24) is 15.2 Å². The number of benzene rings is 2. The van der Waals surface area contributed by atoms with Crippen molar-refractivity contribution in [3.63, 3.8) is 0 Å². The molecule has 2 aromatic carbocycles. The largest absolute Gasteiger partial charge is 0.346 e. The van der Waals surface area contributed by atoms with Gasteiger partial charge in [0.15, 0.2) is 0 Å². The molecule has 1 fully saturated rings. The van der Waals surface area contributed by atoms with Crippen LogP contribution >= 0.6 is 0 Å². The molecule has 7 nitrogen and oxygen atoms in total. The number of aromatic nitrogens is 1. The summed E-state index contributed by atoms with van der Waals surface area (Å²) in [5.74, 6) is -0.371. The Labute approximate surface area is 192 Å². The first-order valence-corrected chi connectivity index (χ1v) is 11.1. The highest BCUT2D eigenvalue weighted by molar-refractivity contribution is 6.11. The van der Waals surface area contributed by atoms with E-state index in [4.69, 9.17) is 0 Å². The molecule has 0 aliphatic carbocycles. The smallest absolute Gasteiger partial charge is 0.256 e. The van der Waals surface area contributed by atoms with Crippen molar-refractivity contribution in [2.24, 2.45) is 0 Å². The van der Waals surface area contributed by atoms with Gasteiger partial charge in [-0.25, -0.2) is 0 Å². The van der Waals surface area contributed by atoms with E-state index in [0.29, 0.717) is 36.3 Å². The molecule has 1 saturated heterocycles. The number of fused-ring (bicyclic) bond motifs is 2. The molecule has 0 unspecified atom stereocenters. The van der Waals surface area contributed by atoms with Gasteiger partial charge in [0.2, 0.25) is 5.91 Å². The summed E-state index contributed by atoms with van der Waals surface area (Å²) in [5, 5.41) is 2.88. The van der Waals surface area contributed by atoms with Crippen LogP contribution in [-0.2, 0) is 17.9 Å². The number of nitrogens with one attached hydrogen (secondary N) is 1. The minimum absolute atomic E-state index is 0.0733. The van der Waals surface area contributed by atoms with Crippen molar-refractivity contribution >= 4 is 23.4 Å². The van der Waals surface area contributed by atoms with Crippen LogP contribution in [0.2, 0.25) is 0 Å². The van der Waals surface area contributed by atoms with Gasteiger partial charge in [-0.05, 0) is 54.8 Å². The molecule has 3 heterocycles. The number of rotatable bonds is 5. The highest BCUT2D eigenvalue weighted by Gasteiger charge is 2.41. The minimum atomic E-state index is -0.435. The average Bonchev–Trinajstić information content (AvgIpc) is 3.33. The van der Waals surface area contributed by atoms with Crippen molar-refractivity contribution < 1.29 is 14.4 Å². The molecule has 33 heavy (non-hydrogen) atoms. The standard InChI is InChI=1S/C26H24N4O3/c31-24(28-16-20-9-3-4-13-27-20)19-8-5-7-18(15-19)17-30-22-11-2-1-10-21(22)25(32)29-14-6-12-23(29)26(30)33/h1-5,7-11,13,15,23H,6,12,14,16-17H2,(H,28,31)/t23-/m1/s1. The van der Waals surface area contributed by atoms with Crippen molar-refractivity contribution in [3.8, 4) is 0 Å². The summed E-state index contributed by atoms with van der Waals surface area (Å²) in [7, 11) is 0. The molecule has 0 saturated carbocycles. The summed E-state index contributed by atoms with van der Waals surface area (Å²) in [6.45, 7) is 1.22. The van der Waals surface area contributed by atoms with Gasteiger partial charge in [-0.15, -0.1) is 0 Å². The van der Waals surface area contributed by atoms with Crippen LogP contribution in [0.5, 0.6) is 0 Å². The molecular formula is C26H24N4O3. The van der Waals surface area contributed by atoms with Crippen LogP contribution < -0.4 is 10.2 Å². The SMILES string of the molecule is O=C(NCc1ccccn1)c1cccc(CN2C(=O)[C@H]3CCCN3C(=O)c3ccccc32)c1. The fourth-order valence-corrected chi connectivity index (χ4v) is 4.54. The van der Waals surface area contributed by atoms with Gasteiger partial charge in [-0.3, -0.25) is 19.4 Å². The summed E-state index contributed by atoms with van der Waals surface area (Å²) in [6.07, 6.45) is 3.18. The Kier molecular flexibility index (Phi) is 5.60. The molecule has 3 aromatic rings. The van der Waals surface area contributed by atoms with Crippen LogP contribution in [0.15, 0.2) is 72.9 Å². The highest BCUT2D eigenvalue weighted by Crippen LogP contribution is 2.33. The number of hydrogen-bond donors (Lipinski definition) is 1. The van der Waals surface area contributed by atoms with Gasteiger partial charge < -0.3 is 15.1 Å². The molecule has 166 valence electrons. The summed E-state index contributed by atoms with van der Waals surface area (Å²) in [4.78, 5) is 46.9. The molecule has 1 N–H and O–H groups in total. The summed E-state index contributed by atoms with van der Waals surface area (Å²) < 4.78 is 0. The zero-order chi connectivity index (χ0) is 22.8. The lowest BCUT2D eigenvalue weighted by Crippen LogP contribution is -2.44. The number of nitrogens with zero attached hydrogens (tertiary/aromatic N) is 3. The molecule has 1 aromatic heterocycles. The maximum absolute atomic E-state index is 13.5. The van der Waals surface area contributed by atoms with E-state index in [1.807, 2.05) is 48.5 Å². The lowest BCUT2D eigenvalue weighted by Gasteiger charge is -2.26. The third-order valence-electron chi connectivity index (χ3n) is 6.18. The first-order chi connectivity index (χ1) is 16.1. The Morgan fingerprint density at radius 1 is 1.03 bits per heavy atom. The normalized spacial score (nSPS) is 17.4. The van der Waals surface area contributed by atoms with E-state index in [0.717, 1.165) is 17.7 Å². The molecule has 7 heteroatoms. The number of hydrogen-bond acceptors (Lipinski definition) is 4. The third kappa shape index (κ3) is 4.09. The monoisotopic (exact) mass is 440 g/mol. The molecule has 5 rings (SSSR count). The lowest BCUT2D eigenvalue weighted by molar-refractivity contribution is -0.122. The summed E-state index contributed by atoms with van der Waals surface area (Å²) in [6, 6.07) is 19.6. The topological polar surface area (TPSA) is 82.6 Å². The maximum Gasteiger partial charge on any atom is 0.256 e. The van der Waals surface area contributed by atoms with Gasteiger partial charge in [0, 0.05) is 18.3 Å². The van der Waals surface area contributed by atoms with E-state index >= 15 is 0 Å². The fourth-order valence-electron chi connectivity index (χ4n) is 4.54. The van der Waals surface area contributed by atoms with E-state index < -0.39 is 6.04 Å². The van der Waals surface area contributed by atoms with Crippen LogP contribution in [0.3, 0.4) is 0 Å². The van der Waals surface area contributed by atoms with E-state index in [1.165, 1.54) is 0 Å². The number of carbonyl (C=O) groups excluding carboxylic acids is 3. The zero-order valence-electron chi connectivity index (χ0n) is 18.1. The maximum atomic E-state index is 13.5. The molecule has 0 spiro atoms. The van der Waals surface area contributed by atoms with Crippen LogP contribution in [0.25, 0.3) is 0 Å². The van der Waals surface area contributed by atoms with Gasteiger partial charge in [-0.1, -0.05) is 30.3 Å².